The third kappa shape index (κ3) is 3.96. The maximum atomic E-state index is 9.89. The molecule has 1 heterocycles. The number of aliphatic hydroxyl groups is 1. The van der Waals surface area contributed by atoms with Crippen LogP contribution in [0.3, 0.4) is 0 Å². The topological polar surface area (TPSA) is 89.9 Å². The van der Waals surface area contributed by atoms with Gasteiger partial charge in [0.2, 0.25) is 0 Å². The smallest absolute Gasteiger partial charge is 0.129 e. The van der Waals surface area contributed by atoms with Gasteiger partial charge < -0.3 is 25.4 Å². The SMILES string of the molecule is CC(C)NCC(O)COc1cccc2[nH]cc(C=NO)c12. The fourth-order valence-corrected chi connectivity index (χ4v) is 2.08. The van der Waals surface area contributed by atoms with Gasteiger partial charge in [-0.1, -0.05) is 25.1 Å². The quantitative estimate of drug-likeness (QED) is 0.355. The van der Waals surface area contributed by atoms with Crippen molar-refractivity contribution in [1.29, 1.82) is 0 Å². The molecule has 1 atom stereocenters. The van der Waals surface area contributed by atoms with Crippen molar-refractivity contribution in [2.45, 2.75) is 26.0 Å². The molecule has 0 aliphatic heterocycles. The third-order valence-electron chi connectivity index (χ3n) is 3.09. The number of fused-ring (bicyclic) bond motifs is 1. The van der Waals surface area contributed by atoms with Crippen LogP contribution in [0.1, 0.15) is 19.4 Å². The molecule has 0 fully saturated rings. The van der Waals surface area contributed by atoms with Gasteiger partial charge in [-0.2, -0.15) is 0 Å². The average Bonchev–Trinajstić information content (AvgIpc) is 2.87. The third-order valence-corrected chi connectivity index (χ3v) is 3.09. The van der Waals surface area contributed by atoms with E-state index in [1.807, 2.05) is 32.0 Å². The van der Waals surface area contributed by atoms with E-state index in [2.05, 4.69) is 15.5 Å². The molecule has 0 spiro atoms. The van der Waals surface area contributed by atoms with Gasteiger partial charge in [0.05, 0.1) is 11.6 Å². The maximum Gasteiger partial charge on any atom is 0.129 e. The second-order valence-corrected chi connectivity index (χ2v) is 5.20. The van der Waals surface area contributed by atoms with E-state index in [-0.39, 0.29) is 6.61 Å². The summed E-state index contributed by atoms with van der Waals surface area (Å²) in [5.74, 6) is 0.646. The van der Waals surface area contributed by atoms with Crippen molar-refractivity contribution in [3.05, 3.63) is 30.0 Å². The van der Waals surface area contributed by atoms with E-state index in [1.54, 1.807) is 6.20 Å². The largest absolute Gasteiger partial charge is 0.490 e. The number of aromatic nitrogens is 1. The number of nitrogens with one attached hydrogen (secondary N) is 2. The van der Waals surface area contributed by atoms with E-state index in [0.29, 0.717) is 18.3 Å². The van der Waals surface area contributed by atoms with Gasteiger partial charge in [0.15, 0.2) is 0 Å². The minimum absolute atomic E-state index is 0.194. The molecule has 6 heteroatoms. The van der Waals surface area contributed by atoms with Gasteiger partial charge in [-0.25, -0.2) is 0 Å². The van der Waals surface area contributed by atoms with Crippen LogP contribution in [-0.4, -0.2) is 46.8 Å². The first-order valence-electron chi connectivity index (χ1n) is 6.93. The van der Waals surface area contributed by atoms with Crippen LogP contribution in [0.2, 0.25) is 0 Å². The zero-order valence-corrected chi connectivity index (χ0v) is 12.2. The number of hydrogen-bond acceptors (Lipinski definition) is 5. The Hall–Kier alpha value is -2.05. The van der Waals surface area contributed by atoms with Crippen LogP contribution in [0.5, 0.6) is 5.75 Å². The highest BCUT2D eigenvalue weighted by atomic mass is 16.5. The first-order valence-corrected chi connectivity index (χ1v) is 6.93. The Morgan fingerprint density at radius 2 is 2.24 bits per heavy atom. The van der Waals surface area contributed by atoms with Crippen LogP contribution in [0.25, 0.3) is 10.9 Å². The summed E-state index contributed by atoms with van der Waals surface area (Å²) in [6.07, 6.45) is 2.51. The van der Waals surface area contributed by atoms with Crippen LogP contribution in [-0.2, 0) is 0 Å². The van der Waals surface area contributed by atoms with E-state index in [0.717, 1.165) is 16.5 Å². The number of benzene rings is 1. The van der Waals surface area contributed by atoms with Crippen LogP contribution >= 0.6 is 0 Å². The number of aliphatic hydroxyl groups excluding tert-OH is 1. The molecule has 2 rings (SSSR count). The van der Waals surface area contributed by atoms with E-state index in [4.69, 9.17) is 9.94 Å². The monoisotopic (exact) mass is 291 g/mol. The summed E-state index contributed by atoms with van der Waals surface area (Å²) in [7, 11) is 0. The molecule has 1 aromatic heterocycles. The Bertz CT molecular complexity index is 607. The highest BCUT2D eigenvalue weighted by molar-refractivity contribution is 6.02. The summed E-state index contributed by atoms with van der Waals surface area (Å²) in [6.45, 7) is 4.72. The highest BCUT2D eigenvalue weighted by Gasteiger charge is 2.11. The molecule has 0 amide bonds. The van der Waals surface area contributed by atoms with E-state index >= 15 is 0 Å². The molecule has 4 N–H and O–H groups in total. The molecule has 2 aromatic rings. The fourth-order valence-electron chi connectivity index (χ4n) is 2.08. The summed E-state index contributed by atoms with van der Waals surface area (Å²) in [6, 6.07) is 5.92. The number of aromatic amines is 1. The second-order valence-electron chi connectivity index (χ2n) is 5.20. The lowest BCUT2D eigenvalue weighted by atomic mass is 10.1. The van der Waals surface area contributed by atoms with Gasteiger partial charge >= 0.3 is 0 Å². The van der Waals surface area contributed by atoms with Gasteiger partial charge in [-0.3, -0.25) is 0 Å². The summed E-state index contributed by atoms with van der Waals surface area (Å²) in [5, 5.41) is 25.6. The van der Waals surface area contributed by atoms with Crippen molar-refractivity contribution in [2.75, 3.05) is 13.2 Å². The standard InChI is InChI=1S/C15H21N3O3/c1-10(2)16-8-12(19)9-21-14-5-3-4-13-15(14)11(6-17-13)7-18-20/h3-7,10,12,16-17,19-20H,8-9H2,1-2H3. The molecule has 21 heavy (non-hydrogen) atoms. The van der Waals surface area contributed by atoms with Crippen LogP contribution < -0.4 is 10.1 Å². The minimum Gasteiger partial charge on any atom is -0.490 e. The second kappa shape index (κ2) is 7.10. The molecule has 1 unspecified atom stereocenters. The van der Waals surface area contributed by atoms with E-state index < -0.39 is 6.10 Å². The summed E-state index contributed by atoms with van der Waals surface area (Å²) >= 11 is 0. The van der Waals surface area contributed by atoms with Crippen molar-refractivity contribution < 1.29 is 15.1 Å². The molecule has 1 aromatic carbocycles. The average molecular weight is 291 g/mol. The van der Waals surface area contributed by atoms with Gasteiger partial charge in [0.1, 0.15) is 18.5 Å². The number of nitrogens with zero attached hydrogens (tertiary/aromatic N) is 1. The molecule has 6 nitrogen and oxygen atoms in total. The molecule has 0 saturated carbocycles. The number of ether oxygens (including phenoxy) is 1. The molecule has 0 saturated heterocycles. The molecule has 0 aliphatic rings. The normalized spacial score (nSPS) is 13.3. The number of H-pyrrole nitrogens is 1. The van der Waals surface area contributed by atoms with Crippen molar-refractivity contribution in [3.63, 3.8) is 0 Å². The highest BCUT2D eigenvalue weighted by Crippen LogP contribution is 2.28. The Kier molecular flexibility index (Phi) is 5.19. The first-order chi connectivity index (χ1) is 10.1. The Morgan fingerprint density at radius 3 is 2.95 bits per heavy atom. The molecule has 0 radical (unpaired) electrons. The van der Waals surface area contributed by atoms with Gasteiger partial charge in [-0.15, -0.1) is 0 Å². The zero-order valence-electron chi connectivity index (χ0n) is 12.2. The lowest BCUT2D eigenvalue weighted by Gasteiger charge is -2.15. The van der Waals surface area contributed by atoms with E-state index in [1.165, 1.54) is 6.21 Å². The van der Waals surface area contributed by atoms with Gasteiger partial charge in [0, 0.05) is 29.9 Å². The van der Waals surface area contributed by atoms with Gasteiger partial charge in [-0.05, 0) is 12.1 Å². The molecule has 0 aliphatic carbocycles. The maximum absolute atomic E-state index is 9.89. The molecule has 0 bridgehead atoms. The minimum atomic E-state index is -0.587. The molecular weight excluding hydrogens is 270 g/mol. The zero-order chi connectivity index (χ0) is 15.2. The van der Waals surface area contributed by atoms with Crippen molar-refractivity contribution in [2.24, 2.45) is 5.16 Å². The van der Waals surface area contributed by atoms with Gasteiger partial charge in [0.25, 0.3) is 0 Å². The predicted octanol–water partition coefficient (Wildman–Crippen LogP) is 1.71. The van der Waals surface area contributed by atoms with Crippen LogP contribution in [0, 0.1) is 0 Å². The van der Waals surface area contributed by atoms with E-state index in [9.17, 15) is 5.11 Å². The Labute approximate surface area is 123 Å². The fraction of sp³-hybridized carbons (Fsp3) is 0.400. The van der Waals surface area contributed by atoms with Crippen LogP contribution in [0.4, 0.5) is 0 Å². The van der Waals surface area contributed by atoms with Crippen molar-refractivity contribution in [1.82, 2.24) is 10.3 Å². The van der Waals surface area contributed by atoms with Crippen molar-refractivity contribution in [3.8, 4) is 5.75 Å². The molecular formula is C15H21N3O3. The number of rotatable bonds is 7. The Morgan fingerprint density at radius 1 is 1.43 bits per heavy atom. The lowest BCUT2D eigenvalue weighted by Crippen LogP contribution is -2.35. The summed E-state index contributed by atoms with van der Waals surface area (Å²) < 4.78 is 5.71. The number of hydrogen-bond donors (Lipinski definition) is 4. The number of oxime groups is 1. The first kappa shape index (κ1) is 15.3. The summed E-state index contributed by atoms with van der Waals surface area (Å²) in [4.78, 5) is 3.08. The van der Waals surface area contributed by atoms with Crippen molar-refractivity contribution >= 4 is 17.1 Å². The lowest BCUT2D eigenvalue weighted by molar-refractivity contribution is 0.105. The molecule has 114 valence electrons. The predicted molar refractivity (Wildman–Crippen MR) is 82.3 cm³/mol. The Balaban J connectivity index is 2.09. The van der Waals surface area contributed by atoms with Crippen LogP contribution in [0.15, 0.2) is 29.6 Å². The summed E-state index contributed by atoms with van der Waals surface area (Å²) in [5.41, 5.74) is 1.62.